The van der Waals surface area contributed by atoms with Crippen molar-refractivity contribution in [1.82, 2.24) is 10.6 Å². The number of carbonyl (C=O) groups excluding carboxylic acids is 2. The number of carbonyl (C=O) groups is 2. The van der Waals surface area contributed by atoms with E-state index in [0.29, 0.717) is 19.3 Å². The number of fused-ring (bicyclic) bond motifs is 2. The van der Waals surface area contributed by atoms with Gasteiger partial charge in [-0.25, -0.2) is 13.2 Å². The van der Waals surface area contributed by atoms with Crippen LogP contribution in [0.1, 0.15) is 69.8 Å². The molecule has 5 atom stereocenters. The summed E-state index contributed by atoms with van der Waals surface area (Å²) in [4.78, 5) is 24.1. The summed E-state index contributed by atoms with van der Waals surface area (Å²) in [6.45, 7) is 1.46. The fourth-order valence-corrected chi connectivity index (χ4v) is 6.17. The minimum atomic E-state index is -1.50. The van der Waals surface area contributed by atoms with Gasteiger partial charge in [-0.1, -0.05) is 11.6 Å². The lowest BCUT2D eigenvalue weighted by molar-refractivity contribution is -0.124. The molecule has 1 aromatic rings. The molecule has 3 aliphatic carbocycles. The van der Waals surface area contributed by atoms with Crippen molar-refractivity contribution in [3.63, 3.8) is 0 Å². The van der Waals surface area contributed by atoms with Crippen molar-refractivity contribution in [2.75, 3.05) is 0 Å². The maximum absolute atomic E-state index is 15.2. The molecule has 2 N–H and O–H groups in total. The molecule has 0 aliphatic heterocycles. The van der Waals surface area contributed by atoms with E-state index in [1.807, 2.05) is 0 Å². The number of amides is 2. The Labute approximate surface area is 178 Å². The van der Waals surface area contributed by atoms with Gasteiger partial charge in [-0.15, -0.1) is 0 Å². The zero-order valence-electron chi connectivity index (χ0n) is 16.9. The van der Waals surface area contributed by atoms with Crippen LogP contribution in [0.5, 0.6) is 0 Å². The standard InChI is InChI=1S/C22H26ClF3N2O2/c1-12(29)27-13-2-3-14(8-13)28-18(30)10-21-6-7-22(26,11-21)9-15(21)19-17(24)5-4-16(23)20(19)25/h4-5,13-15H,2-3,6-11H2,1H3,(H,27,29)(H,28,30)/t13-,14-,15+,21-,22-/m0/s1. The van der Waals surface area contributed by atoms with E-state index in [-0.39, 0.29) is 53.7 Å². The van der Waals surface area contributed by atoms with Gasteiger partial charge in [0.25, 0.3) is 0 Å². The highest BCUT2D eigenvalue weighted by Crippen LogP contribution is 2.67. The highest BCUT2D eigenvalue weighted by atomic mass is 35.5. The van der Waals surface area contributed by atoms with Gasteiger partial charge in [-0.2, -0.15) is 0 Å². The van der Waals surface area contributed by atoms with Crippen LogP contribution in [0.25, 0.3) is 0 Å². The maximum Gasteiger partial charge on any atom is 0.220 e. The number of hydrogen-bond donors (Lipinski definition) is 2. The molecule has 0 spiro atoms. The Hall–Kier alpha value is -1.76. The fraction of sp³-hybridized carbons (Fsp3) is 0.636. The van der Waals surface area contributed by atoms with Gasteiger partial charge >= 0.3 is 0 Å². The summed E-state index contributed by atoms with van der Waals surface area (Å²) in [5, 5.41) is 5.65. The molecule has 4 rings (SSSR count). The largest absolute Gasteiger partial charge is 0.354 e. The molecule has 0 heterocycles. The predicted octanol–water partition coefficient (Wildman–Crippen LogP) is 4.55. The van der Waals surface area contributed by atoms with Crippen molar-refractivity contribution in [2.24, 2.45) is 5.41 Å². The number of nitrogens with one attached hydrogen (secondary N) is 2. The van der Waals surface area contributed by atoms with E-state index >= 15 is 4.39 Å². The molecular weight excluding hydrogens is 417 g/mol. The summed E-state index contributed by atoms with van der Waals surface area (Å²) in [7, 11) is 0. The van der Waals surface area contributed by atoms with Crippen LogP contribution in [0.4, 0.5) is 13.2 Å². The third kappa shape index (κ3) is 3.93. The zero-order valence-corrected chi connectivity index (χ0v) is 17.6. The van der Waals surface area contributed by atoms with E-state index in [4.69, 9.17) is 11.6 Å². The van der Waals surface area contributed by atoms with Crippen LogP contribution in [0.15, 0.2) is 12.1 Å². The maximum atomic E-state index is 15.2. The van der Waals surface area contributed by atoms with Crippen LogP contribution in [-0.2, 0) is 9.59 Å². The highest BCUT2D eigenvalue weighted by molar-refractivity contribution is 6.30. The highest BCUT2D eigenvalue weighted by Gasteiger charge is 2.62. The zero-order chi connectivity index (χ0) is 21.7. The number of hydrogen-bond acceptors (Lipinski definition) is 2. The molecule has 2 bridgehead atoms. The Morgan fingerprint density at radius 1 is 1.17 bits per heavy atom. The molecule has 164 valence electrons. The summed E-state index contributed by atoms with van der Waals surface area (Å²) in [5.74, 6) is -2.66. The quantitative estimate of drug-likeness (QED) is 0.657. The van der Waals surface area contributed by atoms with Gasteiger partial charge in [-0.05, 0) is 68.4 Å². The van der Waals surface area contributed by atoms with E-state index in [9.17, 15) is 18.4 Å². The minimum absolute atomic E-state index is 0.00248. The van der Waals surface area contributed by atoms with E-state index < -0.39 is 28.6 Å². The van der Waals surface area contributed by atoms with Crippen LogP contribution in [-0.4, -0.2) is 29.6 Å². The summed E-state index contributed by atoms with van der Waals surface area (Å²) in [6, 6.07) is 2.22. The van der Waals surface area contributed by atoms with Crippen molar-refractivity contribution in [3.8, 4) is 0 Å². The van der Waals surface area contributed by atoms with Crippen molar-refractivity contribution in [2.45, 2.75) is 82.0 Å². The van der Waals surface area contributed by atoms with E-state index in [1.54, 1.807) is 0 Å². The van der Waals surface area contributed by atoms with Gasteiger partial charge in [0.2, 0.25) is 11.8 Å². The number of halogens is 4. The monoisotopic (exact) mass is 442 g/mol. The third-order valence-corrected chi connectivity index (χ3v) is 7.49. The second kappa shape index (κ2) is 7.74. The molecule has 0 aromatic heterocycles. The van der Waals surface area contributed by atoms with Crippen LogP contribution in [0.3, 0.4) is 0 Å². The lowest BCUT2D eigenvalue weighted by Gasteiger charge is -2.35. The van der Waals surface area contributed by atoms with E-state index in [2.05, 4.69) is 10.6 Å². The van der Waals surface area contributed by atoms with Gasteiger partial charge in [0, 0.05) is 31.0 Å². The first-order valence-corrected chi connectivity index (χ1v) is 10.9. The van der Waals surface area contributed by atoms with Crippen molar-refractivity contribution in [1.29, 1.82) is 0 Å². The number of alkyl halides is 1. The van der Waals surface area contributed by atoms with E-state index in [0.717, 1.165) is 25.0 Å². The summed E-state index contributed by atoms with van der Waals surface area (Å²) in [6.07, 6.45) is 3.04. The predicted molar refractivity (Wildman–Crippen MR) is 107 cm³/mol. The van der Waals surface area contributed by atoms with Gasteiger partial charge in [-0.3, -0.25) is 9.59 Å². The Morgan fingerprint density at radius 2 is 1.87 bits per heavy atom. The van der Waals surface area contributed by atoms with Gasteiger partial charge in [0.05, 0.1) is 5.02 Å². The smallest absolute Gasteiger partial charge is 0.220 e. The molecular formula is C22H26ClF3N2O2. The Bertz CT molecular complexity index is 882. The topological polar surface area (TPSA) is 58.2 Å². The summed E-state index contributed by atoms with van der Waals surface area (Å²) >= 11 is 5.87. The van der Waals surface area contributed by atoms with Gasteiger partial charge in [0.15, 0.2) is 0 Å². The van der Waals surface area contributed by atoms with Crippen molar-refractivity contribution < 1.29 is 22.8 Å². The molecule has 3 fully saturated rings. The summed E-state index contributed by atoms with van der Waals surface area (Å²) in [5.41, 5.74) is -2.52. The lowest BCUT2D eigenvalue weighted by atomic mass is 9.69. The molecule has 0 saturated heterocycles. The Morgan fingerprint density at radius 3 is 2.53 bits per heavy atom. The van der Waals surface area contributed by atoms with Crippen molar-refractivity contribution >= 4 is 23.4 Å². The normalized spacial score (nSPS) is 34.9. The Balaban J connectivity index is 1.50. The minimum Gasteiger partial charge on any atom is -0.354 e. The number of rotatable bonds is 5. The number of benzene rings is 1. The second-order valence-corrected chi connectivity index (χ2v) is 9.76. The molecule has 30 heavy (non-hydrogen) atoms. The third-order valence-electron chi connectivity index (χ3n) is 7.19. The first-order valence-electron chi connectivity index (χ1n) is 10.5. The molecule has 3 aliphatic rings. The molecule has 0 unspecified atom stereocenters. The second-order valence-electron chi connectivity index (χ2n) is 9.36. The molecule has 1 aromatic carbocycles. The van der Waals surface area contributed by atoms with Crippen LogP contribution < -0.4 is 10.6 Å². The average Bonchev–Trinajstić information content (AvgIpc) is 3.29. The van der Waals surface area contributed by atoms with E-state index in [1.165, 1.54) is 6.92 Å². The summed E-state index contributed by atoms with van der Waals surface area (Å²) < 4.78 is 44.5. The SMILES string of the molecule is CC(=O)N[C@H]1CC[C@H](NC(=O)C[C@]23CC[C@](F)(C[C@@H]2c2c(F)ccc(Cl)c2F)C3)C1. The molecule has 4 nitrogen and oxygen atoms in total. The van der Waals surface area contributed by atoms with Gasteiger partial charge in [0.1, 0.15) is 17.3 Å². The molecule has 0 radical (unpaired) electrons. The first-order chi connectivity index (χ1) is 14.1. The van der Waals surface area contributed by atoms with Gasteiger partial charge < -0.3 is 10.6 Å². The van der Waals surface area contributed by atoms with Crippen LogP contribution >= 0.6 is 11.6 Å². The fourth-order valence-electron chi connectivity index (χ4n) is 6.01. The molecule has 8 heteroatoms. The van der Waals surface area contributed by atoms with Crippen LogP contribution in [0.2, 0.25) is 5.02 Å². The Kier molecular flexibility index (Phi) is 5.54. The lowest BCUT2D eigenvalue weighted by Crippen LogP contribution is -2.39. The average molecular weight is 443 g/mol. The molecule has 2 amide bonds. The first kappa shape index (κ1) is 21.5. The van der Waals surface area contributed by atoms with Crippen LogP contribution in [0, 0.1) is 17.0 Å². The molecule has 3 saturated carbocycles. The van der Waals surface area contributed by atoms with Crippen molar-refractivity contribution in [3.05, 3.63) is 34.4 Å².